The Bertz CT molecular complexity index is 439. The van der Waals surface area contributed by atoms with E-state index in [0.29, 0.717) is 17.4 Å². The van der Waals surface area contributed by atoms with E-state index in [2.05, 4.69) is 10.3 Å². The van der Waals surface area contributed by atoms with Crippen LogP contribution in [0.4, 0.5) is 11.5 Å². The first-order valence-electron chi connectivity index (χ1n) is 6.84. The Balaban J connectivity index is 1.88. The predicted octanol–water partition coefficient (Wildman–Crippen LogP) is 1.76. The second-order valence-corrected chi connectivity index (χ2v) is 5.43. The number of carbonyl (C=O) groups excluding carboxylic acids is 1. The number of hydrogen-bond donors (Lipinski definition) is 3. The Morgan fingerprint density at radius 2 is 2.11 bits per heavy atom. The third-order valence-electron chi connectivity index (χ3n) is 3.93. The molecule has 1 aliphatic carbocycles. The fourth-order valence-corrected chi connectivity index (χ4v) is 2.68. The van der Waals surface area contributed by atoms with Gasteiger partial charge in [-0.05, 0) is 44.6 Å². The first-order chi connectivity index (χ1) is 9.06. The molecule has 5 nitrogen and oxygen atoms in total. The molecule has 1 amide bonds. The standard InChI is InChI=1S/C14H22N4O/c1-9(15)10-2-4-11(5-3-10)14(19)18-12-6-7-17-13(16)8-12/h6-11H,2-5,15H2,1H3,(H3,16,17,18,19)/t9?,10-,11-. The summed E-state index contributed by atoms with van der Waals surface area (Å²) < 4.78 is 0. The molecule has 104 valence electrons. The Hall–Kier alpha value is -1.62. The minimum Gasteiger partial charge on any atom is -0.384 e. The molecule has 0 radical (unpaired) electrons. The lowest BCUT2D eigenvalue weighted by Gasteiger charge is -2.29. The average Bonchev–Trinajstić information content (AvgIpc) is 2.39. The summed E-state index contributed by atoms with van der Waals surface area (Å²) in [5, 5.41) is 2.91. The van der Waals surface area contributed by atoms with Crippen LogP contribution in [-0.2, 0) is 4.79 Å². The number of nitrogens with one attached hydrogen (secondary N) is 1. The number of carbonyl (C=O) groups is 1. The summed E-state index contributed by atoms with van der Waals surface area (Å²) in [6, 6.07) is 3.65. The molecule has 0 saturated heterocycles. The Labute approximate surface area is 113 Å². The third kappa shape index (κ3) is 3.67. The molecule has 5 heteroatoms. The number of anilines is 2. The highest BCUT2D eigenvalue weighted by molar-refractivity contribution is 5.92. The van der Waals surface area contributed by atoms with Gasteiger partial charge in [0, 0.05) is 29.9 Å². The maximum Gasteiger partial charge on any atom is 0.227 e. The molecule has 5 N–H and O–H groups in total. The molecule has 1 aromatic heterocycles. The molecule has 0 spiro atoms. The molecule has 0 bridgehead atoms. The number of hydrogen-bond acceptors (Lipinski definition) is 4. The van der Waals surface area contributed by atoms with Crippen LogP contribution in [0.3, 0.4) is 0 Å². The first-order valence-corrected chi connectivity index (χ1v) is 6.84. The predicted molar refractivity (Wildman–Crippen MR) is 76.4 cm³/mol. The summed E-state index contributed by atoms with van der Waals surface area (Å²) in [6.07, 6.45) is 5.50. The number of aromatic nitrogens is 1. The molecule has 1 saturated carbocycles. The minimum absolute atomic E-state index is 0.0775. The van der Waals surface area contributed by atoms with Crippen LogP contribution in [0, 0.1) is 11.8 Å². The lowest BCUT2D eigenvalue weighted by Crippen LogP contribution is -2.33. The smallest absolute Gasteiger partial charge is 0.227 e. The topological polar surface area (TPSA) is 94.0 Å². The van der Waals surface area contributed by atoms with Gasteiger partial charge in [-0.25, -0.2) is 4.98 Å². The van der Waals surface area contributed by atoms with Gasteiger partial charge in [-0.15, -0.1) is 0 Å². The first kappa shape index (κ1) is 13.8. The van der Waals surface area contributed by atoms with Crippen molar-refractivity contribution >= 4 is 17.4 Å². The van der Waals surface area contributed by atoms with Crippen molar-refractivity contribution in [3.8, 4) is 0 Å². The third-order valence-corrected chi connectivity index (χ3v) is 3.93. The van der Waals surface area contributed by atoms with Crippen LogP contribution < -0.4 is 16.8 Å². The average molecular weight is 262 g/mol. The molecule has 1 unspecified atom stereocenters. The normalized spacial score (nSPS) is 24.7. The molecule has 1 aromatic rings. The van der Waals surface area contributed by atoms with Crippen LogP contribution in [0.15, 0.2) is 18.3 Å². The van der Waals surface area contributed by atoms with E-state index >= 15 is 0 Å². The fraction of sp³-hybridized carbons (Fsp3) is 0.571. The highest BCUT2D eigenvalue weighted by atomic mass is 16.1. The molecule has 0 aliphatic heterocycles. The van der Waals surface area contributed by atoms with E-state index in [4.69, 9.17) is 11.5 Å². The molecule has 1 heterocycles. The van der Waals surface area contributed by atoms with Gasteiger partial charge in [-0.2, -0.15) is 0 Å². The quantitative estimate of drug-likeness (QED) is 0.773. The summed E-state index contributed by atoms with van der Waals surface area (Å²) in [5.74, 6) is 1.14. The Morgan fingerprint density at radius 3 is 2.68 bits per heavy atom. The van der Waals surface area contributed by atoms with Gasteiger partial charge in [-0.1, -0.05) is 0 Å². The van der Waals surface area contributed by atoms with Crippen molar-refractivity contribution in [2.75, 3.05) is 11.1 Å². The van der Waals surface area contributed by atoms with Crippen LogP contribution in [0.25, 0.3) is 0 Å². The van der Waals surface area contributed by atoms with Gasteiger partial charge >= 0.3 is 0 Å². The number of rotatable bonds is 3. The SMILES string of the molecule is CC(N)[C@H]1CC[C@H](C(=O)Nc2ccnc(N)c2)CC1. The molecular formula is C14H22N4O. The molecular weight excluding hydrogens is 240 g/mol. The largest absolute Gasteiger partial charge is 0.384 e. The lowest BCUT2D eigenvalue weighted by atomic mass is 9.79. The Kier molecular flexibility index (Phi) is 4.37. The van der Waals surface area contributed by atoms with E-state index < -0.39 is 0 Å². The van der Waals surface area contributed by atoms with Gasteiger partial charge in [0.1, 0.15) is 5.82 Å². The van der Waals surface area contributed by atoms with Crippen molar-refractivity contribution in [3.63, 3.8) is 0 Å². The second-order valence-electron chi connectivity index (χ2n) is 5.43. The summed E-state index contributed by atoms with van der Waals surface area (Å²) in [7, 11) is 0. The van der Waals surface area contributed by atoms with Crippen LogP contribution in [0.2, 0.25) is 0 Å². The van der Waals surface area contributed by atoms with Crippen molar-refractivity contribution in [1.82, 2.24) is 4.98 Å². The van der Waals surface area contributed by atoms with Gasteiger partial charge in [-0.3, -0.25) is 4.79 Å². The van der Waals surface area contributed by atoms with E-state index in [-0.39, 0.29) is 17.9 Å². The molecule has 0 aromatic carbocycles. The van der Waals surface area contributed by atoms with Gasteiger partial charge in [0.2, 0.25) is 5.91 Å². The van der Waals surface area contributed by atoms with Crippen LogP contribution in [0.5, 0.6) is 0 Å². The zero-order valence-electron chi connectivity index (χ0n) is 11.3. The number of nitrogens with zero attached hydrogens (tertiary/aromatic N) is 1. The van der Waals surface area contributed by atoms with E-state index in [0.717, 1.165) is 25.7 Å². The van der Waals surface area contributed by atoms with Crippen molar-refractivity contribution in [2.24, 2.45) is 17.6 Å². The molecule has 1 aliphatic rings. The van der Waals surface area contributed by atoms with Gasteiger partial charge in [0.25, 0.3) is 0 Å². The van der Waals surface area contributed by atoms with Gasteiger partial charge in [0.05, 0.1) is 0 Å². The van der Waals surface area contributed by atoms with Gasteiger partial charge < -0.3 is 16.8 Å². The number of amides is 1. The second kappa shape index (κ2) is 6.02. The summed E-state index contributed by atoms with van der Waals surface area (Å²) in [6.45, 7) is 2.05. The Morgan fingerprint density at radius 1 is 1.42 bits per heavy atom. The monoisotopic (exact) mass is 262 g/mol. The molecule has 1 fully saturated rings. The van der Waals surface area contributed by atoms with Gasteiger partial charge in [0.15, 0.2) is 0 Å². The highest BCUT2D eigenvalue weighted by Crippen LogP contribution is 2.31. The van der Waals surface area contributed by atoms with E-state index in [1.165, 1.54) is 0 Å². The van der Waals surface area contributed by atoms with E-state index in [9.17, 15) is 4.79 Å². The lowest BCUT2D eigenvalue weighted by molar-refractivity contribution is -0.121. The number of nitrogens with two attached hydrogens (primary N) is 2. The van der Waals surface area contributed by atoms with Crippen LogP contribution in [0.1, 0.15) is 32.6 Å². The van der Waals surface area contributed by atoms with E-state index in [1.807, 2.05) is 6.92 Å². The van der Waals surface area contributed by atoms with Crippen molar-refractivity contribution in [3.05, 3.63) is 18.3 Å². The van der Waals surface area contributed by atoms with E-state index in [1.54, 1.807) is 18.3 Å². The maximum absolute atomic E-state index is 12.2. The minimum atomic E-state index is 0.0775. The molecule has 1 atom stereocenters. The maximum atomic E-state index is 12.2. The summed E-state index contributed by atoms with van der Waals surface area (Å²) in [5.41, 5.74) is 12.2. The molecule has 19 heavy (non-hydrogen) atoms. The van der Waals surface area contributed by atoms with Crippen LogP contribution >= 0.6 is 0 Å². The summed E-state index contributed by atoms with van der Waals surface area (Å²) >= 11 is 0. The number of pyridine rings is 1. The zero-order chi connectivity index (χ0) is 13.8. The van der Waals surface area contributed by atoms with Crippen molar-refractivity contribution in [1.29, 1.82) is 0 Å². The number of nitrogen functional groups attached to an aromatic ring is 1. The highest BCUT2D eigenvalue weighted by Gasteiger charge is 2.27. The zero-order valence-corrected chi connectivity index (χ0v) is 11.3. The van der Waals surface area contributed by atoms with Crippen molar-refractivity contribution < 1.29 is 4.79 Å². The van der Waals surface area contributed by atoms with Crippen LogP contribution in [-0.4, -0.2) is 16.9 Å². The fourth-order valence-electron chi connectivity index (χ4n) is 2.68. The molecule has 2 rings (SSSR count). The van der Waals surface area contributed by atoms with Crippen molar-refractivity contribution in [2.45, 2.75) is 38.6 Å². The summed E-state index contributed by atoms with van der Waals surface area (Å²) in [4.78, 5) is 16.1.